The Morgan fingerprint density at radius 3 is 2.28 bits per heavy atom. The standard InChI is InChI=1S/C25H21F2N3O2/c1-25(2,3)29(32)15-16-8-13-22(27)21(14-16)23-19-6-4-5-7-20(19)24(31)30(28-23)18-11-9-17(26)10-12-18/h4-15H,1-3H3. The number of hydroxylamine groups is 1. The van der Waals surface area contributed by atoms with E-state index in [2.05, 4.69) is 5.10 Å². The van der Waals surface area contributed by atoms with Crippen LogP contribution >= 0.6 is 0 Å². The molecule has 0 aliphatic heterocycles. The molecule has 0 N–H and O–H groups in total. The number of aromatic nitrogens is 2. The van der Waals surface area contributed by atoms with Gasteiger partial charge in [-0.2, -0.15) is 9.78 Å². The zero-order valence-corrected chi connectivity index (χ0v) is 17.8. The summed E-state index contributed by atoms with van der Waals surface area (Å²) in [6.07, 6.45) is 1.39. The molecule has 0 spiro atoms. The van der Waals surface area contributed by atoms with Crippen LogP contribution in [0.4, 0.5) is 8.78 Å². The van der Waals surface area contributed by atoms with E-state index in [1.807, 2.05) is 0 Å². The van der Waals surface area contributed by atoms with E-state index in [4.69, 9.17) is 0 Å². The van der Waals surface area contributed by atoms with Crippen LogP contribution in [0.15, 0.2) is 71.5 Å². The van der Waals surface area contributed by atoms with E-state index < -0.39 is 22.7 Å². The molecule has 3 aromatic carbocycles. The summed E-state index contributed by atoms with van der Waals surface area (Å²) in [5, 5.41) is 17.6. The van der Waals surface area contributed by atoms with Gasteiger partial charge in [-0.1, -0.05) is 18.2 Å². The van der Waals surface area contributed by atoms with Crippen molar-refractivity contribution in [2.75, 3.05) is 0 Å². The zero-order chi connectivity index (χ0) is 23.0. The van der Waals surface area contributed by atoms with Crippen molar-refractivity contribution in [3.63, 3.8) is 0 Å². The first-order chi connectivity index (χ1) is 15.1. The Morgan fingerprint density at radius 2 is 1.62 bits per heavy atom. The second kappa shape index (κ2) is 8.00. The van der Waals surface area contributed by atoms with Gasteiger partial charge in [0.2, 0.25) is 0 Å². The molecule has 0 unspecified atom stereocenters. The molecule has 1 aromatic heterocycles. The third-order valence-corrected chi connectivity index (χ3v) is 5.05. The van der Waals surface area contributed by atoms with Gasteiger partial charge in [0.25, 0.3) is 5.56 Å². The minimum Gasteiger partial charge on any atom is -0.623 e. The molecule has 0 saturated heterocycles. The van der Waals surface area contributed by atoms with Gasteiger partial charge >= 0.3 is 0 Å². The smallest absolute Gasteiger partial charge is 0.279 e. The van der Waals surface area contributed by atoms with Crippen molar-refractivity contribution in [1.82, 2.24) is 9.78 Å². The van der Waals surface area contributed by atoms with E-state index in [0.717, 1.165) is 9.42 Å². The van der Waals surface area contributed by atoms with E-state index in [0.29, 0.717) is 22.0 Å². The molecular formula is C25H21F2N3O2. The minimum absolute atomic E-state index is 0.146. The average molecular weight is 433 g/mol. The van der Waals surface area contributed by atoms with Crippen molar-refractivity contribution in [2.45, 2.75) is 26.3 Å². The maximum absolute atomic E-state index is 15.0. The van der Waals surface area contributed by atoms with E-state index in [1.54, 1.807) is 45.0 Å². The van der Waals surface area contributed by atoms with Gasteiger partial charge in [-0.25, -0.2) is 13.5 Å². The Balaban J connectivity index is 1.99. The molecule has 32 heavy (non-hydrogen) atoms. The molecule has 162 valence electrons. The molecule has 1 heterocycles. The van der Waals surface area contributed by atoms with Crippen molar-refractivity contribution in [1.29, 1.82) is 0 Å². The molecule has 0 amide bonds. The number of rotatable bonds is 3. The van der Waals surface area contributed by atoms with E-state index in [-0.39, 0.29) is 11.3 Å². The number of hydrogen-bond acceptors (Lipinski definition) is 3. The highest BCUT2D eigenvalue weighted by atomic mass is 19.1. The van der Waals surface area contributed by atoms with Gasteiger partial charge in [-0.3, -0.25) is 4.79 Å². The molecule has 7 heteroatoms. The molecule has 0 atom stereocenters. The average Bonchev–Trinajstić information content (AvgIpc) is 2.76. The molecule has 0 fully saturated rings. The van der Waals surface area contributed by atoms with Crippen molar-refractivity contribution in [3.05, 3.63) is 99.5 Å². The summed E-state index contributed by atoms with van der Waals surface area (Å²) in [5.41, 5.74) is 0.174. The predicted molar refractivity (Wildman–Crippen MR) is 121 cm³/mol. The number of fused-ring (bicyclic) bond motifs is 1. The van der Waals surface area contributed by atoms with Crippen molar-refractivity contribution >= 4 is 17.0 Å². The fraction of sp³-hybridized carbons (Fsp3) is 0.160. The van der Waals surface area contributed by atoms with Crippen molar-refractivity contribution < 1.29 is 13.5 Å². The largest absolute Gasteiger partial charge is 0.623 e. The molecule has 4 aromatic rings. The SMILES string of the molecule is CC(C)(C)[N+]([O-])=Cc1ccc(F)c(-c2nn(-c3ccc(F)cc3)c(=O)c3ccccc23)c1. The first kappa shape index (κ1) is 21.4. The fourth-order valence-electron chi connectivity index (χ4n) is 3.28. The van der Waals surface area contributed by atoms with E-state index >= 15 is 0 Å². The second-order valence-corrected chi connectivity index (χ2v) is 8.45. The molecule has 0 bridgehead atoms. The lowest BCUT2D eigenvalue weighted by Crippen LogP contribution is -2.29. The molecule has 4 rings (SSSR count). The normalized spacial score (nSPS) is 12.3. The summed E-state index contributed by atoms with van der Waals surface area (Å²) in [4.78, 5) is 13.1. The van der Waals surface area contributed by atoms with Gasteiger partial charge in [-0.15, -0.1) is 0 Å². The summed E-state index contributed by atoms with van der Waals surface area (Å²) in [7, 11) is 0. The molecule has 0 radical (unpaired) electrons. The lowest BCUT2D eigenvalue weighted by atomic mass is 10.0. The number of halogens is 2. The predicted octanol–water partition coefficient (Wildman–Crippen LogP) is 5.06. The topological polar surface area (TPSA) is 61.0 Å². The highest BCUT2D eigenvalue weighted by Crippen LogP contribution is 2.28. The fourth-order valence-corrected chi connectivity index (χ4v) is 3.28. The summed E-state index contributed by atoms with van der Waals surface area (Å²) in [6, 6.07) is 16.4. The van der Waals surface area contributed by atoms with Gasteiger partial charge in [-0.05, 0) is 48.5 Å². The van der Waals surface area contributed by atoms with Gasteiger partial charge in [0.1, 0.15) is 17.3 Å². The summed E-state index contributed by atoms with van der Waals surface area (Å²) in [6.45, 7) is 5.32. The summed E-state index contributed by atoms with van der Waals surface area (Å²) < 4.78 is 30.3. The highest BCUT2D eigenvalue weighted by molar-refractivity contribution is 5.95. The van der Waals surface area contributed by atoms with Crippen LogP contribution < -0.4 is 5.56 Å². The Kier molecular flexibility index (Phi) is 5.34. The lowest BCUT2D eigenvalue weighted by molar-refractivity contribution is -0.530. The first-order valence-electron chi connectivity index (χ1n) is 10.0. The van der Waals surface area contributed by atoms with Crippen LogP contribution in [0.5, 0.6) is 0 Å². The highest BCUT2D eigenvalue weighted by Gasteiger charge is 2.20. The minimum atomic E-state index is -0.657. The number of benzene rings is 3. The lowest BCUT2D eigenvalue weighted by Gasteiger charge is -2.18. The third-order valence-electron chi connectivity index (χ3n) is 5.05. The molecular weight excluding hydrogens is 412 g/mol. The van der Waals surface area contributed by atoms with E-state index in [1.165, 1.54) is 48.7 Å². The Bertz CT molecular complexity index is 1400. The third kappa shape index (κ3) is 4.01. The summed E-state index contributed by atoms with van der Waals surface area (Å²) >= 11 is 0. The van der Waals surface area contributed by atoms with Crippen LogP contribution in [0.1, 0.15) is 26.3 Å². The van der Waals surface area contributed by atoms with Gasteiger partial charge < -0.3 is 5.21 Å². The maximum Gasteiger partial charge on any atom is 0.279 e. The van der Waals surface area contributed by atoms with Crippen LogP contribution in [0, 0.1) is 16.8 Å². The molecule has 0 aliphatic rings. The van der Waals surface area contributed by atoms with E-state index in [9.17, 15) is 18.8 Å². The Labute approximate surface area is 183 Å². The Morgan fingerprint density at radius 1 is 0.969 bits per heavy atom. The van der Waals surface area contributed by atoms with Crippen molar-refractivity contribution in [3.8, 4) is 16.9 Å². The maximum atomic E-state index is 15.0. The molecule has 5 nitrogen and oxygen atoms in total. The molecule has 0 aliphatic carbocycles. The van der Waals surface area contributed by atoms with Gasteiger partial charge in [0, 0.05) is 37.3 Å². The van der Waals surface area contributed by atoms with Crippen LogP contribution in [0.25, 0.3) is 27.7 Å². The number of nitrogens with zero attached hydrogens (tertiary/aromatic N) is 3. The van der Waals surface area contributed by atoms with Crippen LogP contribution in [0.2, 0.25) is 0 Å². The van der Waals surface area contributed by atoms with Gasteiger partial charge in [0.05, 0.1) is 11.1 Å². The quantitative estimate of drug-likeness (QED) is 0.196. The molecule has 0 saturated carbocycles. The van der Waals surface area contributed by atoms with Crippen LogP contribution in [-0.4, -0.2) is 26.3 Å². The second-order valence-electron chi connectivity index (χ2n) is 8.45. The summed E-state index contributed by atoms with van der Waals surface area (Å²) in [5.74, 6) is -0.990. The first-order valence-corrected chi connectivity index (χ1v) is 10.0. The van der Waals surface area contributed by atoms with Crippen LogP contribution in [-0.2, 0) is 0 Å². The van der Waals surface area contributed by atoms with Gasteiger partial charge in [0.15, 0.2) is 11.8 Å². The van der Waals surface area contributed by atoms with Crippen LogP contribution in [0.3, 0.4) is 0 Å². The zero-order valence-electron chi connectivity index (χ0n) is 17.8. The van der Waals surface area contributed by atoms with Crippen molar-refractivity contribution in [2.24, 2.45) is 0 Å². The Hall–Kier alpha value is -3.87. The number of hydrogen-bond donors (Lipinski definition) is 0. The monoisotopic (exact) mass is 433 g/mol.